The third-order valence-electron chi connectivity index (χ3n) is 3.36. The number of aryl methyl sites for hydroxylation is 1. The molecular formula is C16H12ClNO3S2. The van der Waals surface area contributed by atoms with Crippen LogP contribution in [0.5, 0.6) is 0 Å². The standard InChI is InChI=1S/C16H12ClNO3S2/c1-10-4-2-3-5-12(10)14(19)9-23(20,21)16-18-13-8-11(17)6-7-15(13)22-16/h2-8H,9H2,1H3. The molecule has 4 nitrogen and oxygen atoms in total. The molecule has 0 fully saturated rings. The Morgan fingerprint density at radius 1 is 1.22 bits per heavy atom. The van der Waals surface area contributed by atoms with Gasteiger partial charge in [-0.3, -0.25) is 4.79 Å². The number of hydrogen-bond acceptors (Lipinski definition) is 5. The molecule has 0 spiro atoms. The Morgan fingerprint density at radius 2 is 1.96 bits per heavy atom. The molecule has 7 heteroatoms. The predicted octanol–water partition coefficient (Wildman–Crippen LogP) is 3.91. The number of carbonyl (C=O) groups excluding carboxylic acids is 1. The summed E-state index contributed by atoms with van der Waals surface area (Å²) in [5, 5.41) is 0.489. The van der Waals surface area contributed by atoms with Gasteiger partial charge in [0.1, 0.15) is 5.75 Å². The number of nitrogens with zero attached hydrogens (tertiary/aromatic N) is 1. The smallest absolute Gasteiger partial charge is 0.212 e. The number of ketones is 1. The van der Waals surface area contributed by atoms with E-state index in [9.17, 15) is 13.2 Å². The van der Waals surface area contributed by atoms with Crippen LogP contribution in [0.15, 0.2) is 46.8 Å². The third-order valence-corrected chi connectivity index (χ3v) is 6.71. The maximum atomic E-state index is 12.5. The van der Waals surface area contributed by atoms with Gasteiger partial charge in [0.2, 0.25) is 14.2 Å². The van der Waals surface area contributed by atoms with Crippen LogP contribution < -0.4 is 0 Å². The van der Waals surface area contributed by atoms with Crippen molar-refractivity contribution in [1.82, 2.24) is 4.98 Å². The molecule has 0 saturated heterocycles. The lowest BCUT2D eigenvalue weighted by Gasteiger charge is -2.04. The van der Waals surface area contributed by atoms with Crippen molar-refractivity contribution in [2.24, 2.45) is 0 Å². The van der Waals surface area contributed by atoms with Gasteiger partial charge in [-0.25, -0.2) is 13.4 Å². The largest absolute Gasteiger partial charge is 0.293 e. The lowest BCUT2D eigenvalue weighted by atomic mass is 10.1. The molecule has 2 aromatic carbocycles. The number of halogens is 1. The Bertz CT molecular complexity index is 1010. The first-order chi connectivity index (χ1) is 10.9. The van der Waals surface area contributed by atoms with Crippen molar-refractivity contribution in [2.45, 2.75) is 11.3 Å². The second-order valence-corrected chi connectivity index (χ2v) is 8.72. The van der Waals surface area contributed by atoms with Gasteiger partial charge < -0.3 is 0 Å². The van der Waals surface area contributed by atoms with E-state index in [0.29, 0.717) is 16.1 Å². The van der Waals surface area contributed by atoms with Gasteiger partial charge >= 0.3 is 0 Å². The highest BCUT2D eigenvalue weighted by Gasteiger charge is 2.25. The van der Waals surface area contributed by atoms with E-state index in [-0.39, 0.29) is 4.34 Å². The van der Waals surface area contributed by atoms with Gasteiger partial charge in [0.25, 0.3) is 0 Å². The van der Waals surface area contributed by atoms with E-state index in [1.807, 2.05) is 0 Å². The van der Waals surface area contributed by atoms with E-state index in [0.717, 1.165) is 21.6 Å². The zero-order chi connectivity index (χ0) is 16.6. The Hall–Kier alpha value is -1.76. The number of sulfone groups is 1. The van der Waals surface area contributed by atoms with E-state index in [2.05, 4.69) is 4.98 Å². The molecule has 3 aromatic rings. The van der Waals surface area contributed by atoms with Gasteiger partial charge in [-0.15, -0.1) is 11.3 Å². The van der Waals surface area contributed by atoms with E-state index >= 15 is 0 Å². The van der Waals surface area contributed by atoms with Crippen molar-refractivity contribution < 1.29 is 13.2 Å². The summed E-state index contributed by atoms with van der Waals surface area (Å²) < 4.78 is 25.6. The average Bonchev–Trinajstić information content (AvgIpc) is 2.91. The molecule has 0 amide bonds. The molecular weight excluding hydrogens is 354 g/mol. The minimum absolute atomic E-state index is 0.0586. The van der Waals surface area contributed by atoms with Gasteiger partial charge in [0.15, 0.2) is 5.78 Å². The summed E-state index contributed by atoms with van der Waals surface area (Å²) in [6.07, 6.45) is 0. The fourth-order valence-electron chi connectivity index (χ4n) is 2.21. The molecule has 0 unspecified atom stereocenters. The van der Waals surface area contributed by atoms with E-state index in [4.69, 9.17) is 11.6 Å². The number of rotatable bonds is 4. The number of aromatic nitrogens is 1. The molecule has 0 bridgehead atoms. The topological polar surface area (TPSA) is 64.1 Å². The molecule has 0 aliphatic heterocycles. The lowest BCUT2D eigenvalue weighted by Crippen LogP contribution is -2.17. The second-order valence-electron chi connectivity index (χ2n) is 5.09. The number of Topliss-reactive ketones (excluding diaryl/α,β-unsaturated/α-hetero) is 1. The van der Waals surface area contributed by atoms with Crippen molar-refractivity contribution in [3.8, 4) is 0 Å². The zero-order valence-electron chi connectivity index (χ0n) is 12.1. The number of hydrogen-bond donors (Lipinski definition) is 0. The molecule has 118 valence electrons. The van der Waals surface area contributed by atoms with Crippen LogP contribution in [0, 0.1) is 6.92 Å². The first-order valence-corrected chi connectivity index (χ1v) is 9.59. The van der Waals surface area contributed by atoms with Crippen LogP contribution in [0.2, 0.25) is 5.02 Å². The van der Waals surface area contributed by atoms with Crippen molar-refractivity contribution >= 4 is 48.8 Å². The van der Waals surface area contributed by atoms with Crippen molar-refractivity contribution in [3.05, 3.63) is 58.6 Å². The van der Waals surface area contributed by atoms with Gasteiger partial charge in [-0.05, 0) is 30.7 Å². The molecule has 0 atom stereocenters. The summed E-state index contributed by atoms with van der Waals surface area (Å²) in [5.41, 5.74) is 1.69. The highest BCUT2D eigenvalue weighted by Crippen LogP contribution is 2.28. The van der Waals surface area contributed by atoms with Crippen LogP contribution in [0.1, 0.15) is 15.9 Å². The normalized spacial score (nSPS) is 11.7. The SMILES string of the molecule is Cc1ccccc1C(=O)CS(=O)(=O)c1nc2cc(Cl)ccc2s1. The van der Waals surface area contributed by atoms with Gasteiger partial charge in [0, 0.05) is 10.6 Å². The van der Waals surface area contributed by atoms with Crippen molar-refractivity contribution in [1.29, 1.82) is 0 Å². The predicted molar refractivity (Wildman–Crippen MR) is 92.2 cm³/mol. The first-order valence-electron chi connectivity index (χ1n) is 6.74. The summed E-state index contributed by atoms with van der Waals surface area (Å²) in [7, 11) is -3.78. The minimum atomic E-state index is -3.78. The highest BCUT2D eigenvalue weighted by atomic mass is 35.5. The maximum Gasteiger partial charge on any atom is 0.212 e. The molecule has 1 aromatic heterocycles. The number of benzene rings is 2. The Morgan fingerprint density at radius 3 is 2.70 bits per heavy atom. The van der Waals surface area contributed by atoms with Gasteiger partial charge in [-0.1, -0.05) is 35.9 Å². The molecule has 0 aliphatic rings. The number of carbonyl (C=O) groups is 1. The molecule has 0 radical (unpaired) electrons. The summed E-state index contributed by atoms with van der Waals surface area (Å²) in [6, 6.07) is 11.9. The van der Waals surface area contributed by atoms with Crippen LogP contribution >= 0.6 is 22.9 Å². The maximum absolute atomic E-state index is 12.5. The molecule has 1 heterocycles. The summed E-state index contributed by atoms with van der Waals surface area (Å²) >= 11 is 6.93. The summed E-state index contributed by atoms with van der Waals surface area (Å²) in [6.45, 7) is 1.78. The molecule has 23 heavy (non-hydrogen) atoms. The van der Waals surface area contributed by atoms with Gasteiger partial charge in [0.05, 0.1) is 10.2 Å². The fourth-order valence-corrected chi connectivity index (χ4v) is 4.87. The molecule has 3 rings (SSSR count). The fraction of sp³-hybridized carbons (Fsp3) is 0.125. The average molecular weight is 366 g/mol. The van der Waals surface area contributed by atoms with Crippen LogP contribution in [-0.2, 0) is 9.84 Å². The quantitative estimate of drug-likeness (QED) is 0.657. The van der Waals surface area contributed by atoms with E-state index in [1.165, 1.54) is 0 Å². The lowest BCUT2D eigenvalue weighted by molar-refractivity contribution is 0.102. The number of thiazole rings is 1. The van der Waals surface area contributed by atoms with E-state index < -0.39 is 21.4 Å². The highest BCUT2D eigenvalue weighted by molar-refractivity contribution is 7.94. The zero-order valence-corrected chi connectivity index (χ0v) is 14.5. The Kier molecular flexibility index (Phi) is 4.23. The second kappa shape index (κ2) is 6.03. The third kappa shape index (κ3) is 3.29. The van der Waals surface area contributed by atoms with Gasteiger partial charge in [-0.2, -0.15) is 0 Å². The summed E-state index contributed by atoms with van der Waals surface area (Å²) in [5.74, 6) is -1.02. The molecule has 0 N–H and O–H groups in total. The monoisotopic (exact) mass is 365 g/mol. The van der Waals surface area contributed by atoms with Crippen molar-refractivity contribution in [3.63, 3.8) is 0 Å². The Balaban J connectivity index is 1.94. The first kappa shape index (κ1) is 16.1. The van der Waals surface area contributed by atoms with E-state index in [1.54, 1.807) is 49.4 Å². The molecule has 0 aliphatic carbocycles. The molecule has 0 saturated carbocycles. The van der Waals surface area contributed by atoms with Crippen LogP contribution in [0.3, 0.4) is 0 Å². The number of fused-ring (bicyclic) bond motifs is 1. The van der Waals surface area contributed by atoms with Crippen LogP contribution in [0.25, 0.3) is 10.2 Å². The van der Waals surface area contributed by atoms with Crippen LogP contribution in [-0.4, -0.2) is 24.9 Å². The summed E-state index contributed by atoms with van der Waals surface area (Å²) in [4.78, 5) is 16.4. The Labute approximate surface area is 142 Å². The van der Waals surface area contributed by atoms with Crippen LogP contribution in [0.4, 0.5) is 0 Å². The van der Waals surface area contributed by atoms with Crippen molar-refractivity contribution in [2.75, 3.05) is 5.75 Å². The minimum Gasteiger partial charge on any atom is -0.293 e.